The molecule has 0 heterocycles. The highest BCUT2D eigenvalue weighted by atomic mass is 16.5. The van der Waals surface area contributed by atoms with Gasteiger partial charge in [0, 0.05) is 24.9 Å². The number of benzene rings is 1. The van der Waals surface area contributed by atoms with Crippen molar-refractivity contribution < 1.29 is 14.3 Å². The minimum absolute atomic E-state index is 0.171. The Morgan fingerprint density at radius 2 is 2.06 bits per heavy atom. The first-order valence-electron chi connectivity index (χ1n) is 5.57. The van der Waals surface area contributed by atoms with Gasteiger partial charge >= 0.3 is 5.97 Å². The van der Waals surface area contributed by atoms with Crippen LogP contribution in [0.15, 0.2) is 24.3 Å². The van der Waals surface area contributed by atoms with E-state index in [9.17, 15) is 4.79 Å². The van der Waals surface area contributed by atoms with Gasteiger partial charge in [0.25, 0.3) is 0 Å². The number of nitrogens with one attached hydrogen (secondary N) is 1. The molecule has 1 atom stereocenters. The fourth-order valence-electron chi connectivity index (χ4n) is 1.52. The predicted octanol–water partition coefficient (Wildman–Crippen LogP) is 2.05. The molecule has 0 saturated carbocycles. The van der Waals surface area contributed by atoms with E-state index in [4.69, 9.17) is 4.74 Å². The van der Waals surface area contributed by atoms with Gasteiger partial charge in [0.05, 0.1) is 19.6 Å². The van der Waals surface area contributed by atoms with Crippen molar-refractivity contribution in [3.05, 3.63) is 29.8 Å². The molecule has 0 radical (unpaired) electrons. The zero-order valence-corrected chi connectivity index (χ0v) is 10.5. The summed E-state index contributed by atoms with van der Waals surface area (Å²) in [6.45, 7) is 2.93. The average molecular weight is 237 g/mol. The number of ether oxygens (including phenoxy) is 2. The molecule has 1 rings (SSSR count). The first-order chi connectivity index (χ1) is 8.19. The van der Waals surface area contributed by atoms with E-state index in [0.29, 0.717) is 13.2 Å². The van der Waals surface area contributed by atoms with Crippen LogP contribution in [0.3, 0.4) is 0 Å². The van der Waals surface area contributed by atoms with E-state index in [1.807, 2.05) is 31.2 Å². The molecule has 0 amide bonds. The van der Waals surface area contributed by atoms with E-state index >= 15 is 0 Å². The average Bonchev–Trinajstić information content (AvgIpc) is 2.36. The van der Waals surface area contributed by atoms with Gasteiger partial charge in [-0.2, -0.15) is 0 Å². The van der Waals surface area contributed by atoms with Crippen molar-refractivity contribution >= 4 is 11.7 Å². The van der Waals surface area contributed by atoms with Crippen LogP contribution in [-0.4, -0.2) is 26.7 Å². The monoisotopic (exact) mass is 237 g/mol. The zero-order valence-electron chi connectivity index (χ0n) is 10.5. The quantitative estimate of drug-likeness (QED) is 0.769. The van der Waals surface area contributed by atoms with Crippen molar-refractivity contribution in [1.82, 2.24) is 0 Å². The molecule has 1 aromatic carbocycles. The lowest BCUT2D eigenvalue weighted by Gasteiger charge is -2.14. The van der Waals surface area contributed by atoms with E-state index in [1.54, 1.807) is 7.11 Å². The molecule has 1 aromatic rings. The summed E-state index contributed by atoms with van der Waals surface area (Å²) in [4.78, 5) is 11.3. The highest BCUT2D eigenvalue weighted by Gasteiger charge is 2.13. The highest BCUT2D eigenvalue weighted by molar-refractivity contribution is 5.72. The summed E-state index contributed by atoms with van der Waals surface area (Å²) in [5.41, 5.74) is 2.07. The number of para-hydroxylation sites is 1. The van der Waals surface area contributed by atoms with Crippen LogP contribution in [0.1, 0.15) is 12.5 Å². The lowest BCUT2D eigenvalue weighted by atomic mass is 10.1. The number of carbonyl (C=O) groups excluding carboxylic acids is 1. The number of esters is 1. The van der Waals surface area contributed by atoms with Crippen molar-refractivity contribution in [1.29, 1.82) is 0 Å². The van der Waals surface area contributed by atoms with Gasteiger partial charge in [-0.3, -0.25) is 4.79 Å². The van der Waals surface area contributed by atoms with Gasteiger partial charge in [-0.05, 0) is 6.07 Å². The second-order valence-electron chi connectivity index (χ2n) is 3.90. The zero-order chi connectivity index (χ0) is 12.7. The van der Waals surface area contributed by atoms with Gasteiger partial charge in [0.2, 0.25) is 0 Å². The Kier molecular flexibility index (Phi) is 5.49. The fourth-order valence-corrected chi connectivity index (χ4v) is 1.52. The number of methoxy groups -OCH3 is 2. The Morgan fingerprint density at radius 3 is 2.71 bits per heavy atom. The number of hydrogen-bond donors (Lipinski definition) is 1. The second kappa shape index (κ2) is 6.91. The number of rotatable bonds is 6. The van der Waals surface area contributed by atoms with E-state index in [-0.39, 0.29) is 11.9 Å². The van der Waals surface area contributed by atoms with Gasteiger partial charge in [0.1, 0.15) is 0 Å². The van der Waals surface area contributed by atoms with E-state index in [1.165, 1.54) is 7.11 Å². The SMILES string of the molecule is COCc1ccccc1NCC(C)C(=O)OC. The molecule has 4 nitrogen and oxygen atoms in total. The molecular weight excluding hydrogens is 218 g/mol. The third-order valence-electron chi connectivity index (χ3n) is 2.52. The van der Waals surface area contributed by atoms with Crippen LogP contribution in [0.2, 0.25) is 0 Å². The number of carbonyl (C=O) groups is 1. The summed E-state index contributed by atoms with van der Waals surface area (Å²) < 4.78 is 9.79. The standard InChI is InChI=1S/C13H19NO3/c1-10(13(15)17-3)8-14-12-7-5-4-6-11(12)9-16-2/h4-7,10,14H,8-9H2,1-3H3. The summed E-state index contributed by atoms with van der Waals surface area (Å²) in [6.07, 6.45) is 0. The maximum Gasteiger partial charge on any atom is 0.310 e. The topological polar surface area (TPSA) is 47.6 Å². The smallest absolute Gasteiger partial charge is 0.310 e. The number of anilines is 1. The Labute approximate surface area is 102 Å². The van der Waals surface area contributed by atoms with Gasteiger partial charge in [0.15, 0.2) is 0 Å². The molecule has 94 valence electrons. The van der Waals surface area contributed by atoms with Crippen molar-refractivity contribution in [3.8, 4) is 0 Å². The molecule has 0 saturated heterocycles. The van der Waals surface area contributed by atoms with Crippen LogP contribution in [0.5, 0.6) is 0 Å². The molecule has 0 bridgehead atoms. The third kappa shape index (κ3) is 4.07. The Bertz CT molecular complexity index is 365. The molecule has 0 aliphatic carbocycles. The third-order valence-corrected chi connectivity index (χ3v) is 2.52. The van der Waals surface area contributed by atoms with Gasteiger partial charge < -0.3 is 14.8 Å². The minimum atomic E-state index is -0.207. The normalized spacial score (nSPS) is 11.9. The number of hydrogen-bond acceptors (Lipinski definition) is 4. The molecule has 0 aliphatic rings. The van der Waals surface area contributed by atoms with Crippen molar-refractivity contribution in [3.63, 3.8) is 0 Å². The van der Waals surface area contributed by atoms with Crippen molar-refractivity contribution in [2.75, 3.05) is 26.1 Å². The summed E-state index contributed by atoms with van der Waals surface area (Å²) >= 11 is 0. The van der Waals surface area contributed by atoms with Crippen LogP contribution in [0.25, 0.3) is 0 Å². The molecule has 0 aliphatic heterocycles. The van der Waals surface area contributed by atoms with Crippen LogP contribution in [0.4, 0.5) is 5.69 Å². The second-order valence-corrected chi connectivity index (χ2v) is 3.90. The van der Waals surface area contributed by atoms with Gasteiger partial charge in [-0.15, -0.1) is 0 Å². The van der Waals surface area contributed by atoms with Crippen LogP contribution >= 0.6 is 0 Å². The van der Waals surface area contributed by atoms with Crippen molar-refractivity contribution in [2.24, 2.45) is 5.92 Å². The van der Waals surface area contributed by atoms with Gasteiger partial charge in [-0.1, -0.05) is 25.1 Å². The van der Waals surface area contributed by atoms with Crippen LogP contribution in [-0.2, 0) is 20.9 Å². The van der Waals surface area contributed by atoms with Crippen LogP contribution in [0, 0.1) is 5.92 Å². The molecule has 17 heavy (non-hydrogen) atoms. The van der Waals surface area contributed by atoms with Crippen LogP contribution < -0.4 is 5.32 Å². The van der Waals surface area contributed by atoms with Gasteiger partial charge in [-0.25, -0.2) is 0 Å². The summed E-state index contributed by atoms with van der Waals surface area (Å²) in [7, 11) is 3.06. The molecule has 1 unspecified atom stereocenters. The predicted molar refractivity (Wildman–Crippen MR) is 66.8 cm³/mol. The summed E-state index contributed by atoms with van der Waals surface area (Å²) in [6, 6.07) is 7.88. The highest BCUT2D eigenvalue weighted by Crippen LogP contribution is 2.16. The maximum atomic E-state index is 11.3. The lowest BCUT2D eigenvalue weighted by Crippen LogP contribution is -2.21. The van der Waals surface area contributed by atoms with E-state index in [0.717, 1.165) is 11.3 Å². The fraction of sp³-hybridized carbons (Fsp3) is 0.462. The lowest BCUT2D eigenvalue weighted by molar-refractivity contribution is -0.144. The molecular formula is C13H19NO3. The Balaban J connectivity index is 2.59. The first kappa shape index (κ1) is 13.5. The Hall–Kier alpha value is -1.55. The molecule has 0 aromatic heterocycles. The largest absolute Gasteiger partial charge is 0.469 e. The molecule has 4 heteroatoms. The van der Waals surface area contributed by atoms with Crippen molar-refractivity contribution in [2.45, 2.75) is 13.5 Å². The first-order valence-corrected chi connectivity index (χ1v) is 5.57. The van der Waals surface area contributed by atoms with E-state index < -0.39 is 0 Å². The molecule has 1 N–H and O–H groups in total. The maximum absolute atomic E-state index is 11.3. The summed E-state index contributed by atoms with van der Waals surface area (Å²) in [5.74, 6) is -0.377. The minimum Gasteiger partial charge on any atom is -0.469 e. The molecule has 0 fully saturated rings. The molecule has 0 spiro atoms. The summed E-state index contributed by atoms with van der Waals surface area (Å²) in [5, 5.41) is 3.23. The van der Waals surface area contributed by atoms with E-state index in [2.05, 4.69) is 10.1 Å². The Morgan fingerprint density at radius 1 is 1.35 bits per heavy atom.